The Hall–Kier alpha value is -1.65. The molecule has 25 heavy (non-hydrogen) atoms. The number of aliphatic hydroxyl groups excluding tert-OH is 1. The number of rotatable bonds is 3. The van der Waals surface area contributed by atoms with Crippen LogP contribution in [0.3, 0.4) is 0 Å². The third kappa shape index (κ3) is 3.51. The predicted octanol–water partition coefficient (Wildman–Crippen LogP) is 3.72. The number of likely N-dealkylation sites (tertiary alicyclic amines) is 1. The molecule has 2 heterocycles. The first-order valence-electron chi connectivity index (χ1n) is 9.75. The lowest BCUT2D eigenvalue weighted by atomic mass is 9.89. The standard InChI is InChI=1S/C21H29N3O/c1-15-5-4-6-17-18(9-12-22-21(15)17)23-16-10-13-24(14-11-16)19-7-2-3-8-20(19)25/h4-6,9,12,16,19-20,25H,2-3,7-8,10-11,13-14H2,1H3,(H,22,23). The zero-order chi connectivity index (χ0) is 17.2. The molecular formula is C21H29N3O. The number of aryl methyl sites for hydroxylation is 1. The van der Waals surface area contributed by atoms with Gasteiger partial charge in [-0.3, -0.25) is 9.88 Å². The molecule has 1 aromatic heterocycles. The maximum Gasteiger partial charge on any atom is 0.0751 e. The van der Waals surface area contributed by atoms with Crippen LogP contribution in [0, 0.1) is 6.92 Å². The summed E-state index contributed by atoms with van der Waals surface area (Å²) in [6.45, 7) is 4.29. The highest BCUT2D eigenvalue weighted by Crippen LogP contribution is 2.29. The number of nitrogens with one attached hydrogen (secondary N) is 1. The molecule has 0 spiro atoms. The second-order valence-electron chi connectivity index (χ2n) is 7.70. The fourth-order valence-electron chi connectivity index (χ4n) is 4.56. The number of piperidine rings is 1. The zero-order valence-electron chi connectivity index (χ0n) is 15.1. The first-order valence-corrected chi connectivity index (χ1v) is 9.75. The van der Waals surface area contributed by atoms with Crippen molar-refractivity contribution in [2.75, 3.05) is 18.4 Å². The van der Waals surface area contributed by atoms with Crippen LogP contribution in [0.5, 0.6) is 0 Å². The van der Waals surface area contributed by atoms with Crippen molar-refractivity contribution in [3.8, 4) is 0 Å². The molecule has 2 fully saturated rings. The van der Waals surface area contributed by atoms with Crippen molar-refractivity contribution in [2.24, 2.45) is 0 Å². The highest BCUT2D eigenvalue weighted by molar-refractivity contribution is 5.92. The maximum absolute atomic E-state index is 10.3. The topological polar surface area (TPSA) is 48.4 Å². The average Bonchev–Trinajstić information content (AvgIpc) is 2.64. The van der Waals surface area contributed by atoms with E-state index >= 15 is 0 Å². The quantitative estimate of drug-likeness (QED) is 0.895. The van der Waals surface area contributed by atoms with Gasteiger partial charge in [-0.2, -0.15) is 0 Å². The molecule has 1 aromatic carbocycles. The predicted molar refractivity (Wildman–Crippen MR) is 103 cm³/mol. The largest absolute Gasteiger partial charge is 0.391 e. The molecule has 0 amide bonds. The number of nitrogens with zero attached hydrogens (tertiary/aromatic N) is 2. The number of aliphatic hydroxyl groups is 1. The molecule has 1 saturated heterocycles. The Bertz CT molecular complexity index is 724. The van der Waals surface area contributed by atoms with Crippen molar-refractivity contribution in [1.82, 2.24) is 9.88 Å². The van der Waals surface area contributed by atoms with Gasteiger partial charge >= 0.3 is 0 Å². The number of pyridine rings is 1. The van der Waals surface area contributed by atoms with E-state index in [0.29, 0.717) is 12.1 Å². The summed E-state index contributed by atoms with van der Waals surface area (Å²) in [6, 6.07) is 9.37. The maximum atomic E-state index is 10.3. The Morgan fingerprint density at radius 3 is 2.68 bits per heavy atom. The van der Waals surface area contributed by atoms with Crippen molar-refractivity contribution < 1.29 is 5.11 Å². The minimum Gasteiger partial charge on any atom is -0.391 e. The molecule has 4 heteroatoms. The van der Waals surface area contributed by atoms with Gasteiger partial charge in [0.1, 0.15) is 0 Å². The number of benzene rings is 1. The normalized spacial score (nSPS) is 26.0. The van der Waals surface area contributed by atoms with Gasteiger partial charge in [-0.15, -0.1) is 0 Å². The summed E-state index contributed by atoms with van der Waals surface area (Å²) in [5.74, 6) is 0. The SMILES string of the molecule is Cc1cccc2c(NC3CCN(C4CCCCC4O)CC3)ccnc12. The third-order valence-electron chi connectivity index (χ3n) is 6.02. The number of anilines is 1. The Kier molecular flexibility index (Phi) is 4.91. The monoisotopic (exact) mass is 339 g/mol. The van der Waals surface area contributed by atoms with Gasteiger partial charge in [-0.25, -0.2) is 0 Å². The van der Waals surface area contributed by atoms with Crippen molar-refractivity contribution in [3.63, 3.8) is 0 Å². The molecule has 4 nitrogen and oxygen atoms in total. The molecule has 2 atom stereocenters. The summed E-state index contributed by atoms with van der Waals surface area (Å²) in [6.07, 6.45) is 8.65. The van der Waals surface area contributed by atoms with Gasteiger partial charge in [0, 0.05) is 42.4 Å². The summed E-state index contributed by atoms with van der Waals surface area (Å²) in [7, 11) is 0. The Morgan fingerprint density at radius 2 is 1.88 bits per heavy atom. The van der Waals surface area contributed by atoms with Crippen LogP contribution in [0.1, 0.15) is 44.1 Å². The summed E-state index contributed by atoms with van der Waals surface area (Å²) < 4.78 is 0. The van der Waals surface area contributed by atoms with Gasteiger partial charge in [0.05, 0.1) is 11.6 Å². The summed E-state index contributed by atoms with van der Waals surface area (Å²) in [4.78, 5) is 7.06. The van der Waals surface area contributed by atoms with E-state index in [1.54, 1.807) is 0 Å². The molecule has 2 aliphatic rings. The van der Waals surface area contributed by atoms with Crippen LogP contribution in [0.4, 0.5) is 5.69 Å². The van der Waals surface area contributed by atoms with Gasteiger partial charge in [0.2, 0.25) is 0 Å². The smallest absolute Gasteiger partial charge is 0.0751 e. The summed E-state index contributed by atoms with van der Waals surface area (Å²) in [5, 5.41) is 15.3. The van der Waals surface area contributed by atoms with Crippen molar-refractivity contribution in [2.45, 2.75) is 63.6 Å². The third-order valence-corrected chi connectivity index (χ3v) is 6.02. The van der Waals surface area contributed by atoms with Crippen molar-refractivity contribution >= 4 is 16.6 Å². The van der Waals surface area contributed by atoms with E-state index in [1.807, 2.05) is 6.20 Å². The molecular weight excluding hydrogens is 310 g/mol. The average molecular weight is 339 g/mol. The number of fused-ring (bicyclic) bond motifs is 1. The van der Waals surface area contributed by atoms with Crippen LogP contribution in [0.25, 0.3) is 10.9 Å². The molecule has 0 bridgehead atoms. The zero-order valence-corrected chi connectivity index (χ0v) is 15.1. The van der Waals surface area contributed by atoms with Crippen LogP contribution >= 0.6 is 0 Å². The molecule has 0 radical (unpaired) electrons. The molecule has 2 aromatic rings. The number of para-hydroxylation sites is 1. The second-order valence-corrected chi connectivity index (χ2v) is 7.70. The molecule has 4 rings (SSSR count). The Morgan fingerprint density at radius 1 is 1.08 bits per heavy atom. The van der Waals surface area contributed by atoms with Crippen molar-refractivity contribution in [1.29, 1.82) is 0 Å². The minimum absolute atomic E-state index is 0.120. The Labute approximate surface area is 150 Å². The van der Waals surface area contributed by atoms with E-state index in [2.05, 4.69) is 46.4 Å². The molecule has 1 saturated carbocycles. The van der Waals surface area contributed by atoms with E-state index in [0.717, 1.165) is 44.3 Å². The van der Waals surface area contributed by atoms with Crippen molar-refractivity contribution in [3.05, 3.63) is 36.0 Å². The molecule has 2 N–H and O–H groups in total. The lowest BCUT2D eigenvalue weighted by molar-refractivity contribution is 0.00994. The van der Waals surface area contributed by atoms with E-state index in [-0.39, 0.29) is 6.10 Å². The minimum atomic E-state index is -0.120. The first kappa shape index (κ1) is 16.8. The Balaban J connectivity index is 1.41. The molecule has 1 aliphatic carbocycles. The summed E-state index contributed by atoms with van der Waals surface area (Å²) in [5.41, 5.74) is 3.52. The van der Waals surface area contributed by atoms with Gasteiger partial charge in [0.25, 0.3) is 0 Å². The number of aromatic nitrogens is 1. The highest BCUT2D eigenvalue weighted by atomic mass is 16.3. The lowest BCUT2D eigenvalue weighted by Crippen LogP contribution is -2.50. The highest BCUT2D eigenvalue weighted by Gasteiger charge is 2.31. The van der Waals surface area contributed by atoms with Crippen LogP contribution in [0.15, 0.2) is 30.5 Å². The summed E-state index contributed by atoms with van der Waals surface area (Å²) >= 11 is 0. The molecule has 2 unspecified atom stereocenters. The van der Waals surface area contributed by atoms with Gasteiger partial charge in [-0.05, 0) is 44.2 Å². The molecule has 1 aliphatic heterocycles. The van der Waals surface area contributed by atoms with Crippen LogP contribution in [-0.2, 0) is 0 Å². The van der Waals surface area contributed by atoms with Crippen LogP contribution in [0.2, 0.25) is 0 Å². The number of hydrogen-bond donors (Lipinski definition) is 2. The lowest BCUT2D eigenvalue weighted by Gasteiger charge is -2.41. The van der Waals surface area contributed by atoms with Gasteiger partial charge in [0.15, 0.2) is 0 Å². The van der Waals surface area contributed by atoms with E-state index in [4.69, 9.17) is 0 Å². The fraction of sp³-hybridized carbons (Fsp3) is 0.571. The first-order chi connectivity index (χ1) is 12.2. The van der Waals surface area contributed by atoms with Crippen LogP contribution < -0.4 is 5.32 Å². The second kappa shape index (κ2) is 7.30. The number of hydrogen-bond acceptors (Lipinski definition) is 4. The van der Waals surface area contributed by atoms with E-state index in [1.165, 1.54) is 29.5 Å². The van der Waals surface area contributed by atoms with E-state index in [9.17, 15) is 5.11 Å². The van der Waals surface area contributed by atoms with Gasteiger partial charge in [-0.1, -0.05) is 31.0 Å². The van der Waals surface area contributed by atoms with E-state index < -0.39 is 0 Å². The van der Waals surface area contributed by atoms with Crippen LogP contribution in [-0.4, -0.2) is 46.3 Å². The van der Waals surface area contributed by atoms with Gasteiger partial charge < -0.3 is 10.4 Å². The molecule has 134 valence electrons. The fourth-order valence-corrected chi connectivity index (χ4v) is 4.56.